The molecule has 0 aliphatic carbocycles. The molecule has 0 amide bonds. The van der Waals surface area contributed by atoms with Gasteiger partial charge in [-0.15, -0.1) is 0 Å². The van der Waals surface area contributed by atoms with Gasteiger partial charge >= 0.3 is 5.97 Å². The first-order valence-corrected chi connectivity index (χ1v) is 7.40. The van der Waals surface area contributed by atoms with Crippen LogP contribution in [0.25, 0.3) is 0 Å². The van der Waals surface area contributed by atoms with Gasteiger partial charge in [-0.1, -0.05) is 47.5 Å². The first-order chi connectivity index (χ1) is 10.5. The third kappa shape index (κ3) is 4.37. The molecule has 2 aromatic rings. The van der Waals surface area contributed by atoms with Crippen molar-refractivity contribution in [3.63, 3.8) is 0 Å². The minimum atomic E-state index is -0.953. The van der Waals surface area contributed by atoms with Crippen LogP contribution in [0.1, 0.15) is 11.1 Å². The van der Waals surface area contributed by atoms with Gasteiger partial charge in [0.15, 0.2) is 0 Å². The van der Waals surface area contributed by atoms with Crippen LogP contribution in [-0.4, -0.2) is 22.2 Å². The predicted octanol–water partition coefficient (Wildman–Crippen LogP) is 3.48. The Hall–Kier alpha value is -1.75. The summed E-state index contributed by atoms with van der Waals surface area (Å²) in [5, 5.41) is 22.4. The number of phenols is 1. The molecule has 22 heavy (non-hydrogen) atoms. The van der Waals surface area contributed by atoms with Crippen molar-refractivity contribution in [2.24, 2.45) is 0 Å². The lowest BCUT2D eigenvalue weighted by molar-refractivity contribution is -0.139. The zero-order valence-corrected chi connectivity index (χ0v) is 13.1. The number of phenolic OH excluding ortho intramolecular Hbond substituents is 1. The maximum atomic E-state index is 11.4. The fourth-order valence-electron chi connectivity index (χ4n) is 2.03. The maximum absolute atomic E-state index is 11.4. The zero-order chi connectivity index (χ0) is 16.1. The van der Waals surface area contributed by atoms with E-state index in [-0.39, 0.29) is 5.75 Å². The third-order valence-corrected chi connectivity index (χ3v) is 4.10. The molecule has 0 fully saturated rings. The van der Waals surface area contributed by atoms with Crippen molar-refractivity contribution in [2.45, 2.75) is 19.0 Å². The number of carboxylic acid groups (broad SMARTS) is 1. The van der Waals surface area contributed by atoms with Gasteiger partial charge in [-0.3, -0.25) is 10.1 Å². The largest absolute Gasteiger partial charge is 0.508 e. The lowest BCUT2D eigenvalue weighted by atomic mass is 10.1. The van der Waals surface area contributed by atoms with E-state index in [0.29, 0.717) is 23.0 Å². The monoisotopic (exact) mass is 339 g/mol. The molecule has 0 spiro atoms. The second-order valence-electron chi connectivity index (χ2n) is 4.86. The number of rotatable bonds is 6. The van der Waals surface area contributed by atoms with E-state index in [1.807, 2.05) is 0 Å². The summed E-state index contributed by atoms with van der Waals surface area (Å²) in [4.78, 5) is 11.4. The molecule has 0 heterocycles. The van der Waals surface area contributed by atoms with Crippen LogP contribution in [0.2, 0.25) is 10.0 Å². The van der Waals surface area contributed by atoms with E-state index in [2.05, 4.69) is 5.32 Å². The molecule has 2 rings (SSSR count). The molecule has 1 unspecified atom stereocenters. The molecule has 3 N–H and O–H groups in total. The number of hydrogen-bond donors (Lipinski definition) is 3. The van der Waals surface area contributed by atoms with Gasteiger partial charge in [-0.25, -0.2) is 0 Å². The Kier molecular flexibility index (Phi) is 5.66. The summed E-state index contributed by atoms with van der Waals surface area (Å²) in [6.07, 6.45) is 0.299. The van der Waals surface area contributed by atoms with Crippen LogP contribution in [0, 0.1) is 0 Å². The highest BCUT2D eigenvalue weighted by Gasteiger charge is 2.18. The van der Waals surface area contributed by atoms with Crippen LogP contribution in [0.15, 0.2) is 42.5 Å². The number of aromatic hydroxyl groups is 1. The Balaban J connectivity index is 2.04. The molecular weight excluding hydrogens is 325 g/mol. The quantitative estimate of drug-likeness (QED) is 0.753. The number of aliphatic carboxylic acids is 1. The fraction of sp³-hybridized carbons (Fsp3) is 0.188. The number of nitrogens with one attached hydrogen (secondary N) is 1. The molecular formula is C16H15Cl2NO3. The number of benzene rings is 2. The average Bonchev–Trinajstić information content (AvgIpc) is 2.49. The van der Waals surface area contributed by atoms with Gasteiger partial charge in [0, 0.05) is 6.54 Å². The van der Waals surface area contributed by atoms with Crippen molar-refractivity contribution in [3.8, 4) is 5.75 Å². The minimum absolute atomic E-state index is 0.147. The van der Waals surface area contributed by atoms with Crippen LogP contribution in [0.5, 0.6) is 5.75 Å². The van der Waals surface area contributed by atoms with Crippen LogP contribution < -0.4 is 5.32 Å². The summed E-state index contributed by atoms with van der Waals surface area (Å²) >= 11 is 12.0. The van der Waals surface area contributed by atoms with E-state index in [0.717, 1.165) is 11.1 Å². The minimum Gasteiger partial charge on any atom is -0.508 e. The highest BCUT2D eigenvalue weighted by molar-refractivity contribution is 6.42. The van der Waals surface area contributed by atoms with Crippen LogP contribution >= 0.6 is 23.2 Å². The van der Waals surface area contributed by atoms with E-state index >= 15 is 0 Å². The van der Waals surface area contributed by atoms with Crippen molar-refractivity contribution in [1.29, 1.82) is 0 Å². The summed E-state index contributed by atoms with van der Waals surface area (Å²) in [5.74, 6) is -0.805. The molecule has 0 aromatic heterocycles. The van der Waals surface area contributed by atoms with Crippen molar-refractivity contribution < 1.29 is 15.0 Å². The van der Waals surface area contributed by atoms with Crippen molar-refractivity contribution in [3.05, 3.63) is 63.6 Å². The van der Waals surface area contributed by atoms with E-state index in [1.54, 1.807) is 30.3 Å². The van der Waals surface area contributed by atoms with Crippen molar-refractivity contribution in [1.82, 2.24) is 5.32 Å². The SMILES string of the molecule is O=C(O)C(Cc1ccc(O)cc1)NCc1cccc(Cl)c1Cl. The summed E-state index contributed by atoms with van der Waals surface area (Å²) in [6, 6.07) is 10.9. The topological polar surface area (TPSA) is 69.6 Å². The predicted molar refractivity (Wildman–Crippen MR) is 86.5 cm³/mol. The Bertz CT molecular complexity index is 659. The summed E-state index contributed by atoms with van der Waals surface area (Å²) < 4.78 is 0. The van der Waals surface area contributed by atoms with E-state index in [1.165, 1.54) is 12.1 Å². The molecule has 6 heteroatoms. The van der Waals surface area contributed by atoms with Crippen molar-refractivity contribution >= 4 is 29.2 Å². The molecule has 0 aliphatic heterocycles. The summed E-state index contributed by atoms with van der Waals surface area (Å²) in [5.41, 5.74) is 1.56. The summed E-state index contributed by atoms with van der Waals surface area (Å²) in [7, 11) is 0. The molecule has 0 aliphatic rings. The second kappa shape index (κ2) is 7.49. The molecule has 0 saturated heterocycles. The van der Waals surface area contributed by atoms with Crippen LogP contribution in [0.4, 0.5) is 0 Å². The number of halogens is 2. The molecule has 2 aromatic carbocycles. The normalized spacial score (nSPS) is 12.1. The molecule has 0 radical (unpaired) electrons. The van der Waals surface area contributed by atoms with Gasteiger partial charge in [0.1, 0.15) is 11.8 Å². The molecule has 116 valence electrons. The maximum Gasteiger partial charge on any atom is 0.321 e. The number of carboxylic acids is 1. The van der Waals surface area contributed by atoms with Gasteiger partial charge in [0.05, 0.1) is 10.0 Å². The number of hydrogen-bond acceptors (Lipinski definition) is 3. The van der Waals surface area contributed by atoms with Crippen LogP contribution in [-0.2, 0) is 17.8 Å². The second-order valence-corrected chi connectivity index (χ2v) is 5.64. The Morgan fingerprint density at radius 2 is 1.82 bits per heavy atom. The molecule has 1 atom stereocenters. The highest BCUT2D eigenvalue weighted by atomic mass is 35.5. The smallest absolute Gasteiger partial charge is 0.321 e. The van der Waals surface area contributed by atoms with E-state index in [9.17, 15) is 15.0 Å². The average molecular weight is 340 g/mol. The Morgan fingerprint density at radius 1 is 1.14 bits per heavy atom. The van der Waals surface area contributed by atoms with E-state index in [4.69, 9.17) is 23.2 Å². The standard InChI is InChI=1S/C16H15Cl2NO3/c17-13-3-1-2-11(15(13)18)9-19-14(16(21)22)8-10-4-6-12(20)7-5-10/h1-7,14,19-20H,8-9H2,(H,21,22). The van der Waals surface area contributed by atoms with Gasteiger partial charge in [-0.05, 0) is 35.7 Å². The van der Waals surface area contributed by atoms with Gasteiger partial charge in [-0.2, -0.15) is 0 Å². The first kappa shape index (κ1) is 16.6. The van der Waals surface area contributed by atoms with Gasteiger partial charge in [0.25, 0.3) is 0 Å². The van der Waals surface area contributed by atoms with Gasteiger partial charge in [0.2, 0.25) is 0 Å². The lowest BCUT2D eigenvalue weighted by Crippen LogP contribution is -2.38. The fourth-order valence-corrected chi connectivity index (χ4v) is 2.42. The molecule has 0 saturated carbocycles. The Morgan fingerprint density at radius 3 is 2.45 bits per heavy atom. The number of carbonyl (C=O) groups is 1. The highest BCUT2D eigenvalue weighted by Crippen LogP contribution is 2.25. The first-order valence-electron chi connectivity index (χ1n) is 6.64. The summed E-state index contributed by atoms with van der Waals surface area (Å²) in [6.45, 7) is 0.300. The van der Waals surface area contributed by atoms with E-state index < -0.39 is 12.0 Å². The van der Waals surface area contributed by atoms with Crippen molar-refractivity contribution in [2.75, 3.05) is 0 Å². The third-order valence-electron chi connectivity index (χ3n) is 3.24. The van der Waals surface area contributed by atoms with Gasteiger partial charge < -0.3 is 10.2 Å². The zero-order valence-electron chi connectivity index (χ0n) is 11.6. The Labute approximate surface area is 138 Å². The molecule has 0 bridgehead atoms. The van der Waals surface area contributed by atoms with Crippen LogP contribution in [0.3, 0.4) is 0 Å². The lowest BCUT2D eigenvalue weighted by Gasteiger charge is -2.15. The molecule has 4 nitrogen and oxygen atoms in total.